The Morgan fingerprint density at radius 3 is 2.88 bits per heavy atom. The van der Waals surface area contributed by atoms with E-state index >= 15 is 0 Å². The van der Waals surface area contributed by atoms with Crippen LogP contribution in [0.2, 0.25) is 0 Å². The molecule has 3 rings (SSSR count). The van der Waals surface area contributed by atoms with E-state index in [1.807, 2.05) is 18.3 Å². The van der Waals surface area contributed by atoms with Gasteiger partial charge in [0.05, 0.1) is 12.5 Å². The molecule has 3 heteroatoms. The highest BCUT2D eigenvalue weighted by molar-refractivity contribution is 5.60. The monoisotopic (exact) mass is 212 g/mol. The van der Waals surface area contributed by atoms with Crippen LogP contribution in [0.25, 0.3) is 17.1 Å². The fraction of sp³-hybridized carbons (Fsp3) is 0.154. The van der Waals surface area contributed by atoms with Crippen molar-refractivity contribution < 1.29 is 4.42 Å². The van der Waals surface area contributed by atoms with Crippen molar-refractivity contribution >= 4 is 5.65 Å². The van der Waals surface area contributed by atoms with E-state index in [9.17, 15) is 0 Å². The first-order chi connectivity index (χ1) is 7.75. The molecule has 0 fully saturated rings. The largest absolute Gasteiger partial charge is 0.463 e. The smallest absolute Gasteiger partial charge is 0.152 e. The summed E-state index contributed by atoms with van der Waals surface area (Å²) in [6.07, 6.45) is 3.53. The summed E-state index contributed by atoms with van der Waals surface area (Å²) in [7, 11) is 0. The van der Waals surface area contributed by atoms with Crippen LogP contribution in [0.1, 0.15) is 11.3 Å². The van der Waals surface area contributed by atoms with Crippen LogP contribution in [-0.4, -0.2) is 9.38 Å². The van der Waals surface area contributed by atoms with Crippen LogP contribution in [0, 0.1) is 13.8 Å². The highest BCUT2D eigenvalue weighted by Crippen LogP contribution is 2.23. The van der Waals surface area contributed by atoms with Gasteiger partial charge in [-0.3, -0.25) is 4.40 Å². The summed E-state index contributed by atoms with van der Waals surface area (Å²) in [5.41, 5.74) is 4.35. The van der Waals surface area contributed by atoms with E-state index in [0.29, 0.717) is 0 Å². The number of furan rings is 1. The number of nitrogens with zero attached hydrogens (tertiary/aromatic N) is 2. The average Bonchev–Trinajstić information content (AvgIpc) is 2.82. The Morgan fingerprint density at radius 2 is 2.12 bits per heavy atom. The molecular weight excluding hydrogens is 200 g/mol. The molecule has 3 nitrogen and oxygen atoms in total. The van der Waals surface area contributed by atoms with Crippen LogP contribution >= 0.6 is 0 Å². The minimum atomic E-state index is 0.847. The summed E-state index contributed by atoms with van der Waals surface area (Å²) < 4.78 is 7.51. The third-order valence-corrected chi connectivity index (χ3v) is 2.71. The van der Waals surface area contributed by atoms with Crippen molar-refractivity contribution in [3.63, 3.8) is 0 Å². The van der Waals surface area contributed by atoms with Gasteiger partial charge in [-0.15, -0.1) is 0 Å². The zero-order valence-electron chi connectivity index (χ0n) is 9.27. The zero-order chi connectivity index (χ0) is 11.1. The van der Waals surface area contributed by atoms with E-state index in [1.54, 1.807) is 6.26 Å². The quantitative estimate of drug-likeness (QED) is 0.620. The highest BCUT2D eigenvalue weighted by Gasteiger charge is 2.09. The summed E-state index contributed by atoms with van der Waals surface area (Å²) in [5, 5.41) is 0. The second kappa shape index (κ2) is 3.23. The van der Waals surface area contributed by atoms with Gasteiger partial charge in [0.1, 0.15) is 11.3 Å². The van der Waals surface area contributed by atoms with Crippen molar-refractivity contribution in [1.82, 2.24) is 9.38 Å². The highest BCUT2D eigenvalue weighted by atomic mass is 16.3. The zero-order valence-corrected chi connectivity index (χ0v) is 9.27. The second-order valence-electron chi connectivity index (χ2n) is 3.99. The fourth-order valence-electron chi connectivity index (χ4n) is 2.08. The molecule has 0 N–H and O–H groups in total. The molecule has 0 amide bonds. The van der Waals surface area contributed by atoms with Gasteiger partial charge in [0.2, 0.25) is 0 Å². The van der Waals surface area contributed by atoms with Crippen LogP contribution < -0.4 is 0 Å². The topological polar surface area (TPSA) is 30.4 Å². The number of aryl methyl sites for hydroxylation is 2. The first kappa shape index (κ1) is 9.21. The van der Waals surface area contributed by atoms with Gasteiger partial charge in [-0.25, -0.2) is 4.98 Å². The van der Waals surface area contributed by atoms with E-state index < -0.39 is 0 Å². The van der Waals surface area contributed by atoms with Gasteiger partial charge in [0.25, 0.3) is 0 Å². The molecule has 0 aliphatic carbocycles. The average molecular weight is 212 g/mol. The predicted molar refractivity (Wildman–Crippen MR) is 62.4 cm³/mol. The predicted octanol–water partition coefficient (Wildman–Crippen LogP) is 3.21. The lowest BCUT2D eigenvalue weighted by Crippen LogP contribution is -1.94. The van der Waals surface area contributed by atoms with Crippen LogP contribution in [0.15, 0.2) is 41.1 Å². The Labute approximate surface area is 93.4 Å². The molecule has 0 aromatic carbocycles. The lowest BCUT2D eigenvalue weighted by molar-refractivity contribution is 0.579. The third kappa shape index (κ3) is 1.25. The maximum absolute atomic E-state index is 5.41. The maximum Gasteiger partial charge on any atom is 0.152 e. The minimum absolute atomic E-state index is 0.847. The van der Waals surface area contributed by atoms with Crippen molar-refractivity contribution in [1.29, 1.82) is 0 Å². The van der Waals surface area contributed by atoms with E-state index in [0.717, 1.165) is 17.1 Å². The Hall–Kier alpha value is -2.03. The second-order valence-corrected chi connectivity index (χ2v) is 3.99. The van der Waals surface area contributed by atoms with Gasteiger partial charge in [-0.05, 0) is 43.7 Å². The summed E-state index contributed by atoms with van der Waals surface area (Å²) >= 11 is 0. The number of pyridine rings is 1. The standard InChI is InChI=1S/C13H12N2O/c1-9-6-10(2)15-11(8-14-13(15)7-9)12-4-3-5-16-12/h3-8H,1-2H3. The minimum Gasteiger partial charge on any atom is -0.463 e. The van der Waals surface area contributed by atoms with Crippen molar-refractivity contribution in [2.75, 3.05) is 0 Å². The van der Waals surface area contributed by atoms with Gasteiger partial charge in [0, 0.05) is 5.69 Å². The molecule has 0 spiro atoms. The van der Waals surface area contributed by atoms with Gasteiger partial charge in [0.15, 0.2) is 5.76 Å². The normalized spacial score (nSPS) is 11.1. The molecule has 0 aliphatic heterocycles. The van der Waals surface area contributed by atoms with Crippen molar-refractivity contribution in [2.45, 2.75) is 13.8 Å². The fourth-order valence-corrected chi connectivity index (χ4v) is 2.08. The van der Waals surface area contributed by atoms with E-state index in [1.165, 1.54) is 11.3 Å². The van der Waals surface area contributed by atoms with E-state index in [4.69, 9.17) is 4.42 Å². The molecule has 3 heterocycles. The summed E-state index contributed by atoms with van der Waals surface area (Å²) in [4.78, 5) is 4.40. The van der Waals surface area contributed by atoms with Gasteiger partial charge in [-0.2, -0.15) is 0 Å². The molecule has 0 atom stereocenters. The number of hydrogen-bond acceptors (Lipinski definition) is 2. The van der Waals surface area contributed by atoms with Crippen LogP contribution in [0.5, 0.6) is 0 Å². The molecule has 0 unspecified atom stereocenters. The van der Waals surface area contributed by atoms with Gasteiger partial charge < -0.3 is 4.42 Å². The summed E-state index contributed by atoms with van der Waals surface area (Å²) in [6, 6.07) is 8.04. The van der Waals surface area contributed by atoms with Crippen LogP contribution in [0.3, 0.4) is 0 Å². The Balaban J connectivity index is 2.36. The number of fused-ring (bicyclic) bond motifs is 1. The van der Waals surface area contributed by atoms with Crippen molar-refractivity contribution in [3.05, 3.63) is 48.0 Å². The van der Waals surface area contributed by atoms with Crippen molar-refractivity contribution in [2.24, 2.45) is 0 Å². The Bertz CT molecular complexity index is 635. The molecule has 0 saturated heterocycles. The molecule has 16 heavy (non-hydrogen) atoms. The van der Waals surface area contributed by atoms with Gasteiger partial charge >= 0.3 is 0 Å². The molecule has 3 aromatic rings. The van der Waals surface area contributed by atoms with Crippen LogP contribution in [-0.2, 0) is 0 Å². The molecule has 80 valence electrons. The van der Waals surface area contributed by atoms with Gasteiger partial charge in [-0.1, -0.05) is 0 Å². The molecule has 0 bridgehead atoms. The maximum atomic E-state index is 5.41. The first-order valence-corrected chi connectivity index (χ1v) is 5.24. The number of hydrogen-bond donors (Lipinski definition) is 0. The number of imidazole rings is 1. The molecule has 0 radical (unpaired) electrons. The lowest BCUT2D eigenvalue weighted by Gasteiger charge is -2.04. The molecule has 0 aliphatic rings. The molecule has 0 saturated carbocycles. The number of aromatic nitrogens is 2. The Morgan fingerprint density at radius 1 is 1.25 bits per heavy atom. The van der Waals surface area contributed by atoms with E-state index in [-0.39, 0.29) is 0 Å². The first-order valence-electron chi connectivity index (χ1n) is 5.24. The summed E-state index contributed by atoms with van der Waals surface area (Å²) in [6.45, 7) is 4.16. The SMILES string of the molecule is Cc1cc(C)n2c(-c3ccco3)cnc2c1. The summed E-state index contributed by atoms with van der Waals surface area (Å²) in [5.74, 6) is 0.847. The Kier molecular flexibility index (Phi) is 1.86. The molecule has 3 aromatic heterocycles. The lowest BCUT2D eigenvalue weighted by atomic mass is 10.2. The third-order valence-electron chi connectivity index (χ3n) is 2.71. The molecular formula is C13H12N2O. The van der Waals surface area contributed by atoms with Crippen molar-refractivity contribution in [3.8, 4) is 11.5 Å². The number of rotatable bonds is 1. The van der Waals surface area contributed by atoms with Crippen LogP contribution in [0.4, 0.5) is 0 Å². The van der Waals surface area contributed by atoms with E-state index in [2.05, 4.69) is 35.4 Å².